The van der Waals surface area contributed by atoms with Crippen LogP contribution in [0.4, 0.5) is 9.59 Å². The van der Waals surface area contributed by atoms with E-state index >= 15 is 0 Å². The molecule has 0 unspecified atom stereocenters. The molecule has 0 aliphatic heterocycles. The van der Waals surface area contributed by atoms with Gasteiger partial charge in [0.2, 0.25) is 0 Å². The van der Waals surface area contributed by atoms with E-state index in [1.807, 2.05) is 0 Å². The van der Waals surface area contributed by atoms with Gasteiger partial charge in [0.1, 0.15) is 11.2 Å². The van der Waals surface area contributed by atoms with Crippen molar-refractivity contribution in [3.8, 4) is 0 Å². The van der Waals surface area contributed by atoms with E-state index in [4.69, 9.17) is 14.6 Å². The van der Waals surface area contributed by atoms with Crippen LogP contribution in [0.3, 0.4) is 0 Å². The molecule has 0 fully saturated rings. The lowest BCUT2D eigenvalue weighted by atomic mass is 10.0. The number of amides is 2. The van der Waals surface area contributed by atoms with Gasteiger partial charge in [0.15, 0.2) is 0 Å². The van der Waals surface area contributed by atoms with Crippen LogP contribution in [0.2, 0.25) is 0 Å². The van der Waals surface area contributed by atoms with Gasteiger partial charge in [-0.25, -0.2) is 19.3 Å². The third-order valence-corrected chi connectivity index (χ3v) is 3.93. The molecule has 0 heterocycles. The van der Waals surface area contributed by atoms with E-state index in [1.165, 1.54) is 6.07 Å². The molecule has 27 heavy (non-hydrogen) atoms. The zero-order chi connectivity index (χ0) is 20.6. The molecule has 0 radical (unpaired) electrons. The van der Waals surface area contributed by atoms with E-state index in [0.717, 1.165) is 16.0 Å². The van der Waals surface area contributed by atoms with E-state index in [9.17, 15) is 14.4 Å². The van der Waals surface area contributed by atoms with E-state index in [-0.39, 0.29) is 5.56 Å². The number of benzene rings is 1. The highest BCUT2D eigenvalue weighted by Crippen LogP contribution is 2.38. The van der Waals surface area contributed by atoms with Crippen LogP contribution >= 0.6 is 0 Å². The summed E-state index contributed by atoms with van der Waals surface area (Å²) >= 11 is 0. The lowest BCUT2D eigenvalue weighted by Gasteiger charge is -2.32. The second-order valence-corrected chi connectivity index (χ2v) is 8.60. The zero-order valence-corrected chi connectivity index (χ0v) is 16.7. The zero-order valence-electron chi connectivity index (χ0n) is 16.7. The third kappa shape index (κ3) is 5.21. The molecule has 0 aromatic heterocycles. The van der Waals surface area contributed by atoms with Gasteiger partial charge in [0, 0.05) is 0 Å². The topological polar surface area (TPSA) is 93.1 Å². The van der Waals surface area contributed by atoms with Gasteiger partial charge in [-0.05, 0) is 77.6 Å². The Kier molecular flexibility index (Phi) is 5.54. The number of aromatic carboxylic acids is 1. The summed E-state index contributed by atoms with van der Waals surface area (Å²) in [6, 6.07) is 4.15. The highest BCUT2D eigenvalue weighted by Gasteiger charge is 2.40. The first-order valence-electron chi connectivity index (χ1n) is 8.90. The summed E-state index contributed by atoms with van der Waals surface area (Å²) in [6.45, 7) is 10.3. The van der Waals surface area contributed by atoms with Crippen LogP contribution in [0.5, 0.6) is 0 Å². The molecule has 0 saturated heterocycles. The number of fused-ring (bicyclic) bond motifs is 1. The SMILES string of the molecule is CC(C)(C)OC(=O)N(C(=O)OC(C)(C)C)[C@H]1CCc2cc(C(=O)O)ccc21. The average Bonchev–Trinajstić information content (AvgIpc) is 2.86. The smallest absolute Gasteiger partial charge is 0.420 e. The maximum absolute atomic E-state index is 12.8. The Morgan fingerprint density at radius 3 is 1.96 bits per heavy atom. The van der Waals surface area contributed by atoms with E-state index in [1.54, 1.807) is 53.7 Å². The number of aryl methyl sites for hydroxylation is 1. The van der Waals surface area contributed by atoms with Crippen LogP contribution in [0, 0.1) is 0 Å². The molecule has 0 bridgehead atoms. The maximum Gasteiger partial charge on any atom is 0.420 e. The van der Waals surface area contributed by atoms with Gasteiger partial charge in [-0.3, -0.25) is 0 Å². The summed E-state index contributed by atoms with van der Waals surface area (Å²) < 4.78 is 10.8. The van der Waals surface area contributed by atoms with Crippen molar-refractivity contribution in [1.29, 1.82) is 0 Å². The molecule has 1 aliphatic carbocycles. The van der Waals surface area contributed by atoms with Crippen molar-refractivity contribution in [3.63, 3.8) is 0 Å². The molecule has 148 valence electrons. The van der Waals surface area contributed by atoms with Crippen molar-refractivity contribution in [3.05, 3.63) is 34.9 Å². The minimum Gasteiger partial charge on any atom is -0.478 e. The molecule has 1 atom stereocenters. The van der Waals surface area contributed by atoms with Crippen LogP contribution in [-0.2, 0) is 15.9 Å². The third-order valence-electron chi connectivity index (χ3n) is 3.93. The van der Waals surface area contributed by atoms with Crippen molar-refractivity contribution in [1.82, 2.24) is 4.90 Å². The normalized spacial score (nSPS) is 16.4. The quantitative estimate of drug-likeness (QED) is 0.813. The number of carboxylic acid groups (broad SMARTS) is 1. The molecule has 0 spiro atoms. The Hall–Kier alpha value is -2.57. The summed E-state index contributed by atoms with van der Waals surface area (Å²) in [7, 11) is 0. The molecule has 2 amide bonds. The van der Waals surface area contributed by atoms with Crippen LogP contribution in [0.15, 0.2) is 18.2 Å². The number of hydrogen-bond donors (Lipinski definition) is 1. The molecule has 1 aromatic rings. The number of carboxylic acids is 1. The molecule has 0 saturated carbocycles. The van der Waals surface area contributed by atoms with Gasteiger partial charge in [-0.15, -0.1) is 0 Å². The number of ether oxygens (including phenoxy) is 2. The lowest BCUT2D eigenvalue weighted by Crippen LogP contribution is -2.45. The molecular weight excluding hydrogens is 350 g/mol. The minimum absolute atomic E-state index is 0.176. The fourth-order valence-corrected chi connectivity index (χ4v) is 2.95. The first kappa shape index (κ1) is 20.7. The number of hydrogen-bond acceptors (Lipinski definition) is 5. The number of nitrogens with zero attached hydrogens (tertiary/aromatic N) is 1. The minimum atomic E-state index is -1.02. The highest BCUT2D eigenvalue weighted by atomic mass is 16.6. The van der Waals surface area contributed by atoms with E-state index in [0.29, 0.717) is 12.8 Å². The Balaban J connectivity index is 2.39. The van der Waals surface area contributed by atoms with Crippen LogP contribution < -0.4 is 0 Å². The summed E-state index contributed by atoms with van der Waals surface area (Å²) in [5.74, 6) is -1.02. The summed E-state index contributed by atoms with van der Waals surface area (Å²) in [6.07, 6.45) is -0.520. The van der Waals surface area contributed by atoms with E-state index in [2.05, 4.69) is 0 Å². The Labute approximate surface area is 159 Å². The second-order valence-electron chi connectivity index (χ2n) is 8.60. The number of imide groups is 1. The molecule has 7 nitrogen and oxygen atoms in total. The fourth-order valence-electron chi connectivity index (χ4n) is 2.95. The first-order chi connectivity index (χ1) is 12.3. The monoisotopic (exact) mass is 377 g/mol. The predicted molar refractivity (Wildman–Crippen MR) is 98.8 cm³/mol. The molecule has 7 heteroatoms. The largest absolute Gasteiger partial charge is 0.478 e. The Bertz CT molecular complexity index is 729. The summed E-state index contributed by atoms with van der Waals surface area (Å²) in [5.41, 5.74) is 0.168. The van der Waals surface area contributed by atoms with Crippen molar-refractivity contribution >= 4 is 18.2 Å². The van der Waals surface area contributed by atoms with Gasteiger partial charge < -0.3 is 14.6 Å². The maximum atomic E-state index is 12.8. The Morgan fingerprint density at radius 2 is 1.52 bits per heavy atom. The van der Waals surface area contributed by atoms with Crippen molar-refractivity contribution in [2.75, 3.05) is 0 Å². The van der Waals surface area contributed by atoms with Gasteiger partial charge in [-0.1, -0.05) is 6.07 Å². The molecule has 1 aliphatic rings. The Morgan fingerprint density at radius 1 is 1.00 bits per heavy atom. The lowest BCUT2D eigenvalue weighted by molar-refractivity contribution is -0.00756. The predicted octanol–water partition coefficient (Wildman–Crippen LogP) is 4.54. The van der Waals surface area contributed by atoms with Crippen LogP contribution in [0.1, 0.15) is 75.5 Å². The van der Waals surface area contributed by atoms with Crippen molar-refractivity contribution in [2.24, 2.45) is 0 Å². The van der Waals surface area contributed by atoms with Gasteiger partial charge in [0.05, 0.1) is 11.6 Å². The number of carbonyl (C=O) groups is 3. The summed E-state index contributed by atoms with van der Waals surface area (Å²) in [5, 5.41) is 9.16. The van der Waals surface area contributed by atoms with Crippen molar-refractivity contribution < 1.29 is 29.0 Å². The highest BCUT2D eigenvalue weighted by molar-refractivity contribution is 5.90. The van der Waals surface area contributed by atoms with Gasteiger partial charge in [0.25, 0.3) is 0 Å². The molecular formula is C20H27NO6. The van der Waals surface area contributed by atoms with Crippen molar-refractivity contribution in [2.45, 2.75) is 71.6 Å². The van der Waals surface area contributed by atoms with Gasteiger partial charge >= 0.3 is 18.2 Å². The number of carbonyl (C=O) groups excluding carboxylic acids is 2. The first-order valence-corrected chi connectivity index (χ1v) is 8.90. The van der Waals surface area contributed by atoms with Crippen LogP contribution in [0.25, 0.3) is 0 Å². The fraction of sp³-hybridized carbons (Fsp3) is 0.550. The molecule has 1 N–H and O–H groups in total. The summed E-state index contributed by atoms with van der Waals surface area (Å²) in [4.78, 5) is 37.7. The van der Waals surface area contributed by atoms with Crippen LogP contribution in [-0.4, -0.2) is 39.4 Å². The van der Waals surface area contributed by atoms with Gasteiger partial charge in [-0.2, -0.15) is 0 Å². The second kappa shape index (κ2) is 7.21. The average molecular weight is 377 g/mol. The number of rotatable bonds is 2. The van der Waals surface area contributed by atoms with E-state index < -0.39 is 35.4 Å². The molecule has 2 rings (SSSR count). The standard InChI is InChI=1S/C20H27NO6/c1-19(2,3)26-17(24)21(18(25)27-20(4,5)6)15-10-8-12-11-13(16(22)23)7-9-14(12)15/h7,9,11,15H,8,10H2,1-6H3,(H,22,23)/t15-/m0/s1. The molecule has 1 aromatic carbocycles.